The number of nitrogens with zero attached hydrogens (tertiary/aromatic N) is 4. The van der Waals surface area contributed by atoms with Crippen LogP contribution in [0.15, 0.2) is 51.5 Å². The minimum absolute atomic E-state index is 0.0779. The summed E-state index contributed by atoms with van der Waals surface area (Å²) < 4.78 is 17.5. The summed E-state index contributed by atoms with van der Waals surface area (Å²) in [6.45, 7) is 4.85. The van der Waals surface area contributed by atoms with Crippen LogP contribution in [-0.2, 0) is 6.42 Å². The highest BCUT2D eigenvalue weighted by Gasteiger charge is 2.18. The summed E-state index contributed by atoms with van der Waals surface area (Å²) in [7, 11) is 0. The Hall–Kier alpha value is -3.53. The molecule has 4 aromatic rings. The number of nitro benzene ring substituents is 1. The summed E-state index contributed by atoms with van der Waals surface area (Å²) in [5.41, 5.74) is 1.45. The summed E-state index contributed by atoms with van der Waals surface area (Å²) in [6.07, 6.45) is 0.379. The number of benzene rings is 2. The van der Waals surface area contributed by atoms with Crippen LogP contribution >= 0.6 is 15.9 Å². The van der Waals surface area contributed by atoms with E-state index >= 15 is 0 Å². The van der Waals surface area contributed by atoms with Crippen LogP contribution in [0.5, 0.6) is 11.5 Å². The van der Waals surface area contributed by atoms with Crippen LogP contribution in [-0.4, -0.2) is 33.3 Å². The van der Waals surface area contributed by atoms with E-state index in [1.54, 1.807) is 24.3 Å². The van der Waals surface area contributed by atoms with Gasteiger partial charge < -0.3 is 14.0 Å². The molecule has 4 rings (SSSR count). The molecule has 0 radical (unpaired) electrons. The number of pyridine rings is 1. The number of hydrogen-bond acceptors (Lipinski definition) is 8. The maximum Gasteiger partial charge on any atom is 0.295 e. The van der Waals surface area contributed by atoms with Crippen molar-refractivity contribution in [1.29, 1.82) is 0 Å². The fraction of sp³-hybridized carbons (Fsp3) is 0.227. The fourth-order valence-electron chi connectivity index (χ4n) is 3.25. The van der Waals surface area contributed by atoms with Gasteiger partial charge in [-0.15, -0.1) is 0 Å². The monoisotopic (exact) mass is 498 g/mol. The third-order valence-corrected chi connectivity index (χ3v) is 5.38. The Morgan fingerprint density at radius 1 is 1.06 bits per heavy atom. The maximum atomic E-state index is 11.3. The van der Waals surface area contributed by atoms with Gasteiger partial charge in [-0.2, -0.15) is 4.98 Å². The van der Waals surface area contributed by atoms with Crippen molar-refractivity contribution in [2.24, 2.45) is 0 Å². The molecule has 0 amide bonds. The number of fused-ring (bicyclic) bond motifs is 1. The second kappa shape index (κ2) is 9.31. The van der Waals surface area contributed by atoms with E-state index in [1.165, 1.54) is 6.07 Å². The van der Waals surface area contributed by atoms with E-state index < -0.39 is 4.92 Å². The predicted molar refractivity (Wildman–Crippen MR) is 121 cm³/mol. The minimum atomic E-state index is -0.461. The Morgan fingerprint density at radius 3 is 2.53 bits per heavy atom. The molecule has 2 aromatic heterocycles. The Bertz CT molecular complexity index is 1290. The van der Waals surface area contributed by atoms with Crippen LogP contribution < -0.4 is 9.47 Å². The van der Waals surface area contributed by atoms with Crippen LogP contribution in [0.1, 0.15) is 25.2 Å². The van der Waals surface area contributed by atoms with E-state index in [1.807, 2.05) is 26.0 Å². The summed E-state index contributed by atoms with van der Waals surface area (Å²) in [5.74, 6) is 1.92. The first-order chi connectivity index (χ1) is 15.5. The molecule has 9 nitrogen and oxygen atoms in total. The van der Waals surface area contributed by atoms with E-state index in [0.717, 1.165) is 10.0 Å². The number of non-ortho nitro benzene ring substituents is 1. The number of hydrogen-bond donors (Lipinski definition) is 0. The summed E-state index contributed by atoms with van der Waals surface area (Å²) in [6, 6.07) is 12.0. The molecule has 10 heteroatoms. The maximum absolute atomic E-state index is 11.3. The van der Waals surface area contributed by atoms with Gasteiger partial charge in [0.2, 0.25) is 0 Å². The van der Waals surface area contributed by atoms with Gasteiger partial charge in [-0.3, -0.25) is 10.1 Å². The zero-order chi connectivity index (χ0) is 22.7. The van der Waals surface area contributed by atoms with Crippen LogP contribution in [0, 0.1) is 10.1 Å². The molecule has 0 aliphatic rings. The molecule has 2 heterocycles. The van der Waals surface area contributed by atoms with Crippen molar-refractivity contribution < 1.29 is 18.9 Å². The normalized spacial score (nSPS) is 11.0. The average Bonchev–Trinajstić information content (AvgIpc) is 3.25. The van der Waals surface area contributed by atoms with Crippen molar-refractivity contribution in [2.75, 3.05) is 13.2 Å². The van der Waals surface area contributed by atoms with Gasteiger partial charge in [-0.05, 0) is 37.6 Å². The van der Waals surface area contributed by atoms with E-state index in [-0.39, 0.29) is 17.1 Å². The molecule has 0 atom stereocenters. The summed E-state index contributed by atoms with van der Waals surface area (Å²) >= 11 is 3.56. The van der Waals surface area contributed by atoms with Gasteiger partial charge in [-0.25, -0.2) is 4.98 Å². The van der Waals surface area contributed by atoms with Crippen molar-refractivity contribution >= 4 is 32.5 Å². The summed E-state index contributed by atoms with van der Waals surface area (Å²) in [4.78, 5) is 19.7. The zero-order valence-electron chi connectivity index (χ0n) is 17.4. The van der Waals surface area contributed by atoms with Crippen molar-refractivity contribution in [3.63, 3.8) is 0 Å². The molecule has 0 bridgehead atoms. The molecule has 2 aromatic carbocycles. The zero-order valence-corrected chi connectivity index (χ0v) is 19.0. The molecule has 32 heavy (non-hydrogen) atoms. The SMILES string of the molecule is CCOc1cc(Br)c(Cc2noc(-c3ccc4cccc([N+](=O)[O-])c4n3)n2)cc1OCC. The largest absolute Gasteiger partial charge is 0.490 e. The highest BCUT2D eigenvalue weighted by molar-refractivity contribution is 9.10. The van der Waals surface area contributed by atoms with Gasteiger partial charge in [0.25, 0.3) is 11.6 Å². The number of aromatic nitrogens is 3. The second-order valence-corrected chi connectivity index (χ2v) is 7.61. The summed E-state index contributed by atoms with van der Waals surface area (Å²) in [5, 5.41) is 16.0. The Balaban J connectivity index is 1.64. The third kappa shape index (κ3) is 4.40. The molecule has 0 aliphatic carbocycles. The smallest absolute Gasteiger partial charge is 0.295 e. The van der Waals surface area contributed by atoms with Crippen LogP contribution in [0.4, 0.5) is 5.69 Å². The Kier molecular flexibility index (Phi) is 6.31. The van der Waals surface area contributed by atoms with Gasteiger partial charge in [0.1, 0.15) is 11.2 Å². The Morgan fingerprint density at radius 2 is 1.81 bits per heavy atom. The van der Waals surface area contributed by atoms with Gasteiger partial charge >= 0.3 is 0 Å². The topological polar surface area (TPSA) is 113 Å². The number of halogens is 1. The predicted octanol–water partition coefficient (Wildman–Crippen LogP) is 5.34. The number of para-hydroxylation sites is 1. The highest BCUT2D eigenvalue weighted by Crippen LogP contribution is 2.35. The van der Waals surface area contributed by atoms with Crippen LogP contribution in [0.25, 0.3) is 22.5 Å². The molecular weight excluding hydrogens is 480 g/mol. The van der Waals surface area contributed by atoms with Gasteiger partial charge in [0, 0.05) is 22.3 Å². The lowest BCUT2D eigenvalue weighted by atomic mass is 10.1. The van der Waals surface area contributed by atoms with Crippen LogP contribution in [0.2, 0.25) is 0 Å². The molecule has 0 saturated carbocycles. The number of ether oxygens (including phenoxy) is 2. The van der Waals surface area contributed by atoms with Crippen molar-refractivity contribution in [2.45, 2.75) is 20.3 Å². The molecule has 0 spiro atoms. The first-order valence-electron chi connectivity index (χ1n) is 9.95. The van der Waals surface area contributed by atoms with Gasteiger partial charge in [0.15, 0.2) is 17.3 Å². The molecule has 0 saturated heterocycles. The van der Waals surface area contributed by atoms with Crippen molar-refractivity contribution in [1.82, 2.24) is 15.1 Å². The van der Waals surface area contributed by atoms with Crippen molar-refractivity contribution in [3.8, 4) is 23.1 Å². The molecule has 0 fully saturated rings. The lowest BCUT2D eigenvalue weighted by molar-refractivity contribution is -0.383. The van der Waals surface area contributed by atoms with E-state index in [2.05, 4.69) is 31.1 Å². The first kappa shape index (κ1) is 21.7. The van der Waals surface area contributed by atoms with E-state index in [4.69, 9.17) is 14.0 Å². The quantitative estimate of drug-likeness (QED) is 0.236. The Labute approximate surface area is 191 Å². The van der Waals surface area contributed by atoms with E-state index in [0.29, 0.717) is 48.0 Å². The fourth-order valence-corrected chi connectivity index (χ4v) is 3.71. The van der Waals surface area contributed by atoms with Crippen molar-refractivity contribution in [3.05, 3.63) is 68.4 Å². The molecular formula is C22H19BrN4O5. The van der Waals surface area contributed by atoms with E-state index in [9.17, 15) is 10.1 Å². The first-order valence-corrected chi connectivity index (χ1v) is 10.7. The molecule has 0 aliphatic heterocycles. The molecule has 164 valence electrons. The second-order valence-electron chi connectivity index (χ2n) is 6.75. The standard InChI is InChI=1S/C22H19BrN4O5/c1-3-30-18-10-14(15(23)12-19(18)31-4-2)11-20-25-22(32-26-20)16-9-8-13-6-5-7-17(27(28)29)21(13)24-16/h5-10,12H,3-4,11H2,1-2H3. The van der Waals surface area contributed by atoms with Gasteiger partial charge in [0.05, 0.1) is 18.1 Å². The molecule has 0 unspecified atom stereocenters. The minimum Gasteiger partial charge on any atom is -0.490 e. The lowest BCUT2D eigenvalue weighted by Gasteiger charge is -2.13. The lowest BCUT2D eigenvalue weighted by Crippen LogP contribution is -2.01. The number of nitro groups is 1. The van der Waals surface area contributed by atoms with Gasteiger partial charge in [-0.1, -0.05) is 39.3 Å². The average molecular weight is 499 g/mol. The third-order valence-electron chi connectivity index (χ3n) is 4.64. The van der Waals surface area contributed by atoms with Crippen LogP contribution in [0.3, 0.4) is 0 Å². The molecule has 0 N–H and O–H groups in total. The number of rotatable bonds is 8. The highest BCUT2D eigenvalue weighted by atomic mass is 79.9.